The molecule has 0 N–H and O–H groups in total. The number of ether oxygens (including phenoxy) is 1. The fourth-order valence-electron chi connectivity index (χ4n) is 2.35. The highest BCUT2D eigenvalue weighted by atomic mass is 32.2. The molecule has 2 aromatic carbocycles. The lowest BCUT2D eigenvalue weighted by Crippen LogP contribution is -2.24. The standard InChI is InChI=1S/C21H20N2O2S/c1-23(13-14-25-18-9-7-17(16-24)8-10-18)21-15-20(11-12-22-21)26-19-5-3-2-4-6-19/h2-12,15-16H,13-14H2,1H3. The minimum absolute atomic E-state index is 0.536. The highest BCUT2D eigenvalue weighted by molar-refractivity contribution is 7.99. The summed E-state index contributed by atoms with van der Waals surface area (Å²) in [6, 6.07) is 21.5. The summed E-state index contributed by atoms with van der Waals surface area (Å²) in [6.07, 6.45) is 2.65. The van der Waals surface area contributed by atoms with Crippen LogP contribution in [-0.2, 0) is 0 Å². The minimum Gasteiger partial charge on any atom is -0.492 e. The molecule has 132 valence electrons. The molecular formula is C21H20N2O2S. The van der Waals surface area contributed by atoms with Crippen molar-refractivity contribution < 1.29 is 9.53 Å². The normalized spacial score (nSPS) is 10.3. The minimum atomic E-state index is 0.536. The van der Waals surface area contributed by atoms with Gasteiger partial charge in [0.05, 0.1) is 6.54 Å². The number of likely N-dealkylation sites (N-methyl/N-ethyl adjacent to an activating group) is 1. The molecule has 0 fully saturated rings. The van der Waals surface area contributed by atoms with Gasteiger partial charge in [0.15, 0.2) is 0 Å². The number of carbonyl (C=O) groups excluding carboxylic acids is 1. The first-order valence-electron chi connectivity index (χ1n) is 8.33. The molecule has 26 heavy (non-hydrogen) atoms. The third-order valence-corrected chi connectivity index (χ3v) is 4.80. The van der Waals surface area contributed by atoms with Crippen molar-refractivity contribution >= 4 is 23.9 Å². The molecule has 4 nitrogen and oxygen atoms in total. The molecule has 0 spiro atoms. The van der Waals surface area contributed by atoms with E-state index in [0.29, 0.717) is 18.7 Å². The molecule has 0 radical (unpaired) electrons. The Labute approximate surface area is 157 Å². The van der Waals surface area contributed by atoms with Crippen LogP contribution in [0.15, 0.2) is 82.7 Å². The van der Waals surface area contributed by atoms with Crippen LogP contribution in [0.3, 0.4) is 0 Å². The molecule has 0 bridgehead atoms. The summed E-state index contributed by atoms with van der Waals surface area (Å²) in [4.78, 5) is 19.5. The zero-order valence-corrected chi connectivity index (χ0v) is 15.4. The number of benzene rings is 2. The molecule has 0 saturated carbocycles. The molecule has 3 aromatic rings. The SMILES string of the molecule is CN(CCOc1ccc(C=O)cc1)c1cc(Sc2ccccc2)ccn1. The largest absolute Gasteiger partial charge is 0.492 e. The van der Waals surface area contributed by atoms with E-state index in [1.165, 1.54) is 4.90 Å². The van der Waals surface area contributed by atoms with Crippen LogP contribution in [0.25, 0.3) is 0 Å². The number of hydrogen-bond acceptors (Lipinski definition) is 5. The van der Waals surface area contributed by atoms with E-state index < -0.39 is 0 Å². The smallest absolute Gasteiger partial charge is 0.150 e. The number of carbonyl (C=O) groups is 1. The molecule has 5 heteroatoms. The van der Waals surface area contributed by atoms with E-state index in [-0.39, 0.29) is 0 Å². The Balaban J connectivity index is 1.54. The quantitative estimate of drug-likeness (QED) is 0.548. The van der Waals surface area contributed by atoms with E-state index in [2.05, 4.69) is 28.1 Å². The van der Waals surface area contributed by atoms with Gasteiger partial charge in [0.2, 0.25) is 0 Å². The van der Waals surface area contributed by atoms with Gasteiger partial charge < -0.3 is 9.64 Å². The summed E-state index contributed by atoms with van der Waals surface area (Å²) in [5, 5.41) is 0. The van der Waals surface area contributed by atoms with Gasteiger partial charge in [-0.1, -0.05) is 30.0 Å². The van der Waals surface area contributed by atoms with Gasteiger partial charge in [0, 0.05) is 28.6 Å². The van der Waals surface area contributed by atoms with Crippen LogP contribution in [-0.4, -0.2) is 31.5 Å². The van der Waals surface area contributed by atoms with Crippen molar-refractivity contribution in [1.82, 2.24) is 4.98 Å². The molecule has 0 aliphatic carbocycles. The number of aromatic nitrogens is 1. The van der Waals surface area contributed by atoms with Crippen molar-refractivity contribution in [3.05, 3.63) is 78.5 Å². The summed E-state index contributed by atoms with van der Waals surface area (Å²) in [5.74, 6) is 1.66. The second-order valence-electron chi connectivity index (χ2n) is 5.72. The second-order valence-corrected chi connectivity index (χ2v) is 6.87. The first kappa shape index (κ1) is 18.0. The Kier molecular flexibility index (Phi) is 6.28. The van der Waals surface area contributed by atoms with Gasteiger partial charge in [0.1, 0.15) is 24.5 Å². The summed E-state index contributed by atoms with van der Waals surface area (Å²) >= 11 is 1.72. The molecule has 0 atom stereocenters. The summed E-state index contributed by atoms with van der Waals surface area (Å²) in [6.45, 7) is 1.25. The Morgan fingerprint density at radius 3 is 2.54 bits per heavy atom. The number of hydrogen-bond donors (Lipinski definition) is 0. The van der Waals surface area contributed by atoms with Gasteiger partial charge in [-0.25, -0.2) is 4.98 Å². The van der Waals surface area contributed by atoms with Crippen LogP contribution in [0.2, 0.25) is 0 Å². The van der Waals surface area contributed by atoms with Crippen LogP contribution in [0.4, 0.5) is 5.82 Å². The lowest BCUT2D eigenvalue weighted by molar-refractivity contribution is 0.112. The molecule has 0 amide bonds. The van der Waals surface area contributed by atoms with Crippen LogP contribution >= 0.6 is 11.8 Å². The third-order valence-electron chi connectivity index (χ3n) is 3.80. The third kappa shape index (κ3) is 5.10. The summed E-state index contributed by atoms with van der Waals surface area (Å²) < 4.78 is 5.73. The predicted molar refractivity (Wildman–Crippen MR) is 105 cm³/mol. The molecule has 0 aliphatic heterocycles. The van der Waals surface area contributed by atoms with Crippen molar-refractivity contribution in [2.75, 3.05) is 25.1 Å². The second kappa shape index (κ2) is 9.06. The van der Waals surface area contributed by atoms with Crippen LogP contribution in [0, 0.1) is 0 Å². The maximum atomic E-state index is 10.7. The number of pyridine rings is 1. The van der Waals surface area contributed by atoms with E-state index in [0.717, 1.165) is 22.7 Å². The highest BCUT2D eigenvalue weighted by Crippen LogP contribution is 2.28. The average Bonchev–Trinajstić information content (AvgIpc) is 2.69. The Bertz CT molecular complexity index is 838. The van der Waals surface area contributed by atoms with Crippen molar-refractivity contribution in [1.29, 1.82) is 0 Å². The Morgan fingerprint density at radius 2 is 1.81 bits per heavy atom. The van der Waals surface area contributed by atoms with E-state index in [9.17, 15) is 4.79 Å². The van der Waals surface area contributed by atoms with E-state index in [1.807, 2.05) is 37.5 Å². The fraction of sp³-hybridized carbons (Fsp3) is 0.143. The predicted octanol–water partition coefficient (Wildman–Crippen LogP) is 4.56. The topological polar surface area (TPSA) is 42.4 Å². The lowest BCUT2D eigenvalue weighted by Gasteiger charge is -2.19. The Hall–Kier alpha value is -2.79. The molecule has 0 aliphatic rings. The zero-order chi connectivity index (χ0) is 18.2. The molecule has 1 heterocycles. The van der Waals surface area contributed by atoms with Gasteiger partial charge in [-0.15, -0.1) is 0 Å². The van der Waals surface area contributed by atoms with E-state index in [1.54, 1.807) is 36.0 Å². The monoisotopic (exact) mass is 364 g/mol. The van der Waals surface area contributed by atoms with Crippen LogP contribution in [0.5, 0.6) is 5.75 Å². The maximum absolute atomic E-state index is 10.7. The van der Waals surface area contributed by atoms with Gasteiger partial charge in [-0.3, -0.25) is 4.79 Å². The first-order chi connectivity index (χ1) is 12.7. The summed E-state index contributed by atoms with van der Waals surface area (Å²) in [5.41, 5.74) is 0.645. The van der Waals surface area contributed by atoms with Crippen molar-refractivity contribution in [3.8, 4) is 5.75 Å². The number of aldehydes is 1. The zero-order valence-electron chi connectivity index (χ0n) is 14.5. The highest BCUT2D eigenvalue weighted by Gasteiger charge is 2.05. The number of nitrogens with zero attached hydrogens (tertiary/aromatic N) is 2. The van der Waals surface area contributed by atoms with E-state index >= 15 is 0 Å². The lowest BCUT2D eigenvalue weighted by atomic mass is 10.2. The van der Waals surface area contributed by atoms with Gasteiger partial charge in [-0.2, -0.15) is 0 Å². The molecule has 3 rings (SSSR count). The fourth-order valence-corrected chi connectivity index (χ4v) is 3.21. The van der Waals surface area contributed by atoms with Crippen molar-refractivity contribution in [2.24, 2.45) is 0 Å². The molecular weight excluding hydrogens is 344 g/mol. The first-order valence-corrected chi connectivity index (χ1v) is 9.14. The van der Waals surface area contributed by atoms with Crippen LogP contribution in [0.1, 0.15) is 10.4 Å². The molecule has 1 aromatic heterocycles. The number of rotatable bonds is 8. The number of anilines is 1. The maximum Gasteiger partial charge on any atom is 0.150 e. The van der Waals surface area contributed by atoms with Crippen molar-refractivity contribution in [3.63, 3.8) is 0 Å². The summed E-state index contributed by atoms with van der Waals surface area (Å²) in [7, 11) is 2.00. The molecule has 0 saturated heterocycles. The molecule has 0 unspecified atom stereocenters. The van der Waals surface area contributed by atoms with Crippen LogP contribution < -0.4 is 9.64 Å². The Morgan fingerprint density at radius 1 is 1.04 bits per heavy atom. The van der Waals surface area contributed by atoms with E-state index in [4.69, 9.17) is 4.74 Å². The van der Waals surface area contributed by atoms with Crippen molar-refractivity contribution in [2.45, 2.75) is 9.79 Å². The van der Waals surface area contributed by atoms with Gasteiger partial charge in [0.25, 0.3) is 0 Å². The van der Waals surface area contributed by atoms with Gasteiger partial charge in [-0.05, 0) is 48.5 Å². The average molecular weight is 364 g/mol. The van der Waals surface area contributed by atoms with Gasteiger partial charge >= 0.3 is 0 Å².